The van der Waals surface area contributed by atoms with Crippen LogP contribution in [0.15, 0.2) is 35.1 Å². The third-order valence-corrected chi connectivity index (χ3v) is 4.12. The molecule has 0 saturated heterocycles. The van der Waals surface area contributed by atoms with E-state index in [1.165, 1.54) is 25.3 Å². The molecule has 0 aliphatic heterocycles. The summed E-state index contributed by atoms with van der Waals surface area (Å²) < 4.78 is 15.3. The number of rotatable bonds is 3. The molecule has 1 amide bonds. The predicted octanol–water partition coefficient (Wildman–Crippen LogP) is 4.31. The lowest BCUT2D eigenvalue weighted by molar-refractivity contribution is -0.114. The first-order valence-corrected chi connectivity index (χ1v) is 7.98. The monoisotopic (exact) mass is 409 g/mol. The molecule has 2 N–H and O–H groups in total. The van der Waals surface area contributed by atoms with Gasteiger partial charge in [0.25, 0.3) is 0 Å². The van der Waals surface area contributed by atoms with Crippen LogP contribution in [0.25, 0.3) is 11.0 Å². The lowest BCUT2D eigenvalue weighted by atomic mass is 10.0. The van der Waals surface area contributed by atoms with Crippen molar-refractivity contribution < 1.29 is 14.0 Å². The summed E-state index contributed by atoms with van der Waals surface area (Å²) in [5.41, 5.74) is 0.328. The van der Waals surface area contributed by atoms with E-state index in [-0.39, 0.29) is 21.8 Å². The second kappa shape index (κ2) is 6.33. The highest BCUT2D eigenvalue weighted by molar-refractivity contribution is 9.10. The Bertz CT molecular complexity index is 987. The molecular weight excluding hydrogens is 401 g/mol. The number of hydrogen-bond donors (Lipinski definition) is 2. The molecule has 3 aromatic rings. The Hall–Kier alpha value is -2.25. The molecule has 2 aromatic heterocycles. The normalized spacial score (nSPS) is 10.8. The van der Waals surface area contributed by atoms with Gasteiger partial charge in [-0.05, 0) is 34.1 Å². The summed E-state index contributed by atoms with van der Waals surface area (Å²) in [5, 5.41) is 2.83. The van der Waals surface area contributed by atoms with Crippen LogP contribution >= 0.6 is 27.5 Å². The molecule has 0 aliphatic carbocycles. The molecule has 122 valence electrons. The molecule has 8 heteroatoms. The largest absolute Gasteiger partial charge is 0.345 e. The van der Waals surface area contributed by atoms with Gasteiger partial charge in [-0.2, -0.15) is 0 Å². The van der Waals surface area contributed by atoms with Crippen LogP contribution < -0.4 is 5.32 Å². The van der Waals surface area contributed by atoms with Crippen molar-refractivity contribution in [3.8, 4) is 0 Å². The molecule has 0 atom stereocenters. The molecule has 0 saturated carbocycles. The lowest BCUT2D eigenvalue weighted by Crippen LogP contribution is -2.12. The van der Waals surface area contributed by atoms with E-state index in [2.05, 4.69) is 31.2 Å². The number of nitrogens with one attached hydrogen (secondary N) is 2. The van der Waals surface area contributed by atoms with Gasteiger partial charge in [0.2, 0.25) is 5.91 Å². The summed E-state index contributed by atoms with van der Waals surface area (Å²) in [6.07, 6.45) is 3.03. The number of carbonyl (C=O) groups is 2. The van der Waals surface area contributed by atoms with E-state index in [4.69, 9.17) is 11.6 Å². The molecule has 0 aliphatic rings. The highest BCUT2D eigenvalue weighted by Gasteiger charge is 2.23. The van der Waals surface area contributed by atoms with Crippen molar-refractivity contribution in [1.82, 2.24) is 9.97 Å². The minimum atomic E-state index is -0.875. The van der Waals surface area contributed by atoms with E-state index >= 15 is 0 Å². The fourth-order valence-corrected chi connectivity index (χ4v) is 2.91. The topological polar surface area (TPSA) is 74.8 Å². The summed E-state index contributed by atoms with van der Waals surface area (Å²) in [7, 11) is 0. The Kier molecular flexibility index (Phi) is 4.38. The first-order valence-electron chi connectivity index (χ1n) is 6.81. The zero-order valence-corrected chi connectivity index (χ0v) is 14.6. The standard InChI is InChI=1S/C16H10BrClFN3O2/c1-7(23)22-12-3-2-11(18)13(14(12)19)15(24)10-6-21-16-9(10)4-8(17)5-20-16/h2-6H,1H3,(H,20,21)(H,22,23). The number of aromatic nitrogens is 2. The second-order valence-corrected chi connectivity index (χ2v) is 6.37. The molecule has 0 unspecified atom stereocenters. The number of carbonyl (C=O) groups excluding carboxylic acids is 2. The minimum absolute atomic E-state index is 0.0380. The van der Waals surface area contributed by atoms with E-state index < -0.39 is 17.5 Å². The quantitative estimate of drug-likeness (QED) is 0.632. The molecule has 3 rings (SSSR count). The van der Waals surface area contributed by atoms with Crippen LogP contribution in [0, 0.1) is 5.82 Å². The Balaban J connectivity index is 2.15. The van der Waals surface area contributed by atoms with E-state index in [9.17, 15) is 14.0 Å². The second-order valence-electron chi connectivity index (χ2n) is 5.05. The number of H-pyrrole nitrogens is 1. The Morgan fingerprint density at radius 2 is 2.12 bits per heavy atom. The van der Waals surface area contributed by atoms with Crippen LogP contribution in [0.2, 0.25) is 5.02 Å². The summed E-state index contributed by atoms with van der Waals surface area (Å²) in [4.78, 5) is 31.0. The van der Waals surface area contributed by atoms with Gasteiger partial charge in [0.15, 0.2) is 11.6 Å². The van der Waals surface area contributed by atoms with Gasteiger partial charge in [-0.25, -0.2) is 9.37 Å². The molecule has 0 fully saturated rings. The fraction of sp³-hybridized carbons (Fsp3) is 0.0625. The molecule has 1 aromatic carbocycles. The maximum atomic E-state index is 14.7. The number of ketones is 1. The third kappa shape index (κ3) is 2.92. The van der Waals surface area contributed by atoms with Crippen molar-refractivity contribution in [2.24, 2.45) is 0 Å². The lowest BCUT2D eigenvalue weighted by Gasteiger charge is -2.09. The van der Waals surface area contributed by atoms with Crippen molar-refractivity contribution in [2.75, 3.05) is 5.32 Å². The maximum absolute atomic E-state index is 14.7. The van der Waals surface area contributed by atoms with Gasteiger partial charge in [0, 0.05) is 34.7 Å². The van der Waals surface area contributed by atoms with Gasteiger partial charge >= 0.3 is 0 Å². The summed E-state index contributed by atoms with van der Waals surface area (Å²) in [6, 6.07) is 4.38. The van der Waals surface area contributed by atoms with E-state index in [1.807, 2.05) is 0 Å². The van der Waals surface area contributed by atoms with Gasteiger partial charge in [-0.15, -0.1) is 0 Å². The number of hydrogen-bond acceptors (Lipinski definition) is 3. The van der Waals surface area contributed by atoms with Crippen LogP contribution in [0.4, 0.5) is 10.1 Å². The van der Waals surface area contributed by atoms with Crippen LogP contribution in [0.1, 0.15) is 22.8 Å². The van der Waals surface area contributed by atoms with Crippen molar-refractivity contribution in [3.05, 3.63) is 57.0 Å². The Labute approximate surface area is 149 Å². The van der Waals surface area contributed by atoms with Gasteiger partial charge in [0.05, 0.1) is 16.3 Å². The number of anilines is 1. The van der Waals surface area contributed by atoms with Crippen molar-refractivity contribution in [2.45, 2.75) is 6.92 Å². The number of fused-ring (bicyclic) bond motifs is 1. The fourth-order valence-electron chi connectivity index (χ4n) is 2.35. The number of benzene rings is 1. The first-order chi connectivity index (χ1) is 11.4. The number of nitrogens with zero attached hydrogens (tertiary/aromatic N) is 1. The Morgan fingerprint density at radius 1 is 1.38 bits per heavy atom. The summed E-state index contributed by atoms with van der Waals surface area (Å²) in [6.45, 7) is 1.25. The SMILES string of the molecule is CC(=O)Nc1ccc(Cl)c(C(=O)c2c[nH]c3ncc(Br)cc23)c1F. The molecule has 2 heterocycles. The van der Waals surface area contributed by atoms with E-state index in [1.54, 1.807) is 12.3 Å². The summed E-state index contributed by atoms with van der Waals surface area (Å²) in [5.74, 6) is -1.93. The van der Waals surface area contributed by atoms with Gasteiger partial charge < -0.3 is 10.3 Å². The number of halogens is 3. The van der Waals surface area contributed by atoms with Crippen LogP contribution in [0.3, 0.4) is 0 Å². The van der Waals surface area contributed by atoms with Crippen molar-refractivity contribution in [3.63, 3.8) is 0 Å². The number of amides is 1. The van der Waals surface area contributed by atoms with Crippen LogP contribution in [0.5, 0.6) is 0 Å². The molecule has 0 radical (unpaired) electrons. The highest BCUT2D eigenvalue weighted by Crippen LogP contribution is 2.30. The smallest absolute Gasteiger partial charge is 0.221 e. The highest BCUT2D eigenvalue weighted by atomic mass is 79.9. The maximum Gasteiger partial charge on any atom is 0.221 e. The van der Waals surface area contributed by atoms with Crippen molar-refractivity contribution >= 4 is 55.9 Å². The first kappa shape index (κ1) is 16.6. The van der Waals surface area contributed by atoms with E-state index in [0.29, 0.717) is 15.5 Å². The molecular formula is C16H10BrClFN3O2. The zero-order valence-electron chi connectivity index (χ0n) is 12.3. The third-order valence-electron chi connectivity index (χ3n) is 3.37. The van der Waals surface area contributed by atoms with Gasteiger partial charge in [-0.1, -0.05) is 11.6 Å². The molecule has 0 bridgehead atoms. The number of pyridine rings is 1. The minimum Gasteiger partial charge on any atom is -0.345 e. The molecule has 24 heavy (non-hydrogen) atoms. The molecule has 0 spiro atoms. The van der Waals surface area contributed by atoms with Gasteiger partial charge in [0.1, 0.15) is 5.65 Å². The predicted molar refractivity (Wildman–Crippen MR) is 92.9 cm³/mol. The van der Waals surface area contributed by atoms with Gasteiger partial charge in [-0.3, -0.25) is 9.59 Å². The Morgan fingerprint density at radius 3 is 2.83 bits per heavy atom. The molecule has 5 nitrogen and oxygen atoms in total. The van der Waals surface area contributed by atoms with Crippen molar-refractivity contribution in [1.29, 1.82) is 0 Å². The number of aromatic amines is 1. The van der Waals surface area contributed by atoms with E-state index in [0.717, 1.165) is 0 Å². The average Bonchev–Trinajstić information content (AvgIpc) is 2.92. The zero-order chi connectivity index (χ0) is 17.4. The average molecular weight is 411 g/mol. The van der Waals surface area contributed by atoms with Crippen LogP contribution in [-0.4, -0.2) is 21.7 Å². The van der Waals surface area contributed by atoms with Crippen LogP contribution in [-0.2, 0) is 4.79 Å². The summed E-state index contributed by atoms with van der Waals surface area (Å²) >= 11 is 9.31.